The van der Waals surface area contributed by atoms with Crippen molar-refractivity contribution in [2.75, 3.05) is 44.2 Å². The van der Waals surface area contributed by atoms with Crippen LogP contribution in [0.4, 0.5) is 0 Å². The maximum atomic E-state index is 13.1. The van der Waals surface area contributed by atoms with E-state index in [1.807, 2.05) is 24.6 Å². The molecule has 0 aliphatic carbocycles. The Hall–Kier alpha value is -2.08. The molecule has 1 aromatic carbocycles. The van der Waals surface area contributed by atoms with Crippen LogP contribution in [-0.4, -0.2) is 84.9 Å². The van der Waals surface area contributed by atoms with Gasteiger partial charge in [-0.05, 0) is 67.0 Å². The molecule has 4 N–H and O–H groups in total. The van der Waals surface area contributed by atoms with Crippen LogP contribution in [0, 0.1) is 0 Å². The van der Waals surface area contributed by atoms with E-state index in [2.05, 4.69) is 10.6 Å². The first-order valence-corrected chi connectivity index (χ1v) is 13.9. The summed E-state index contributed by atoms with van der Waals surface area (Å²) in [5.41, 5.74) is 7.98. The molecule has 0 saturated heterocycles. The largest absolute Gasteiger partial charge is 0.390 e. The molecule has 2 amide bonds. The summed E-state index contributed by atoms with van der Waals surface area (Å²) in [6, 6.07) is 3.62. The van der Waals surface area contributed by atoms with E-state index >= 15 is 0 Å². The van der Waals surface area contributed by atoms with Crippen molar-refractivity contribution < 1.29 is 23.9 Å². The van der Waals surface area contributed by atoms with Gasteiger partial charge in [-0.1, -0.05) is 12.1 Å². The molecular weight excluding hydrogens is 476 g/mol. The topological polar surface area (TPSA) is 131 Å². The van der Waals surface area contributed by atoms with Crippen molar-refractivity contribution in [1.29, 1.82) is 0 Å². The van der Waals surface area contributed by atoms with Gasteiger partial charge in [0, 0.05) is 19.2 Å². The first-order valence-electron chi connectivity index (χ1n) is 11.2. The van der Waals surface area contributed by atoms with Crippen molar-refractivity contribution >= 4 is 47.3 Å². The Bertz CT molecular complexity index is 883. The predicted octanol–water partition coefficient (Wildman–Crippen LogP) is 0.792. The number of amides is 2. The lowest BCUT2D eigenvalue weighted by molar-refractivity contribution is -0.166. The summed E-state index contributed by atoms with van der Waals surface area (Å²) in [5, 5.41) is 6.04. The number of rotatable bonds is 12. The summed E-state index contributed by atoms with van der Waals surface area (Å²) in [4.78, 5) is 52.1. The van der Waals surface area contributed by atoms with Crippen molar-refractivity contribution in [2.24, 2.45) is 5.73 Å². The van der Waals surface area contributed by atoms with E-state index in [0.717, 1.165) is 24.1 Å². The van der Waals surface area contributed by atoms with Crippen molar-refractivity contribution in [3.05, 3.63) is 34.9 Å². The van der Waals surface area contributed by atoms with E-state index in [-0.39, 0.29) is 12.5 Å². The van der Waals surface area contributed by atoms with Gasteiger partial charge in [0.05, 0.1) is 6.54 Å². The Morgan fingerprint density at radius 2 is 1.85 bits per heavy atom. The molecule has 0 bridgehead atoms. The molecule has 0 aromatic heterocycles. The lowest BCUT2D eigenvalue weighted by Gasteiger charge is -2.26. The van der Waals surface area contributed by atoms with E-state index in [1.54, 1.807) is 6.07 Å². The number of nitrogens with one attached hydrogen (secondary N) is 2. The Kier molecular flexibility index (Phi) is 11.9. The molecule has 2 rings (SSSR count). The number of thioether (sulfide) groups is 2. The monoisotopic (exact) mass is 510 g/mol. The van der Waals surface area contributed by atoms with Gasteiger partial charge in [0.2, 0.25) is 5.91 Å². The number of fused-ring (bicyclic) bond motifs is 1. The fourth-order valence-corrected chi connectivity index (χ4v) is 4.65. The fourth-order valence-electron chi connectivity index (χ4n) is 3.72. The number of nitrogens with zero attached hydrogens (tertiary/aromatic N) is 1. The number of carbonyl (C=O) groups is 4. The normalized spacial score (nSPS) is 14.5. The molecule has 1 heterocycles. The van der Waals surface area contributed by atoms with Gasteiger partial charge in [0.1, 0.15) is 12.1 Å². The lowest BCUT2D eigenvalue weighted by atomic mass is 9.95. The molecule has 34 heavy (non-hydrogen) atoms. The standard InChI is InChI=1S/C23H34N4O5S2/c1-27(20(28)13-24)19(9-12-34-3)23(31)32-22(30)18(8-11-33-2)26-21(29)17-6-4-5-15-14-25-10-7-16(15)17/h4-6,18-19,25H,7-14,24H2,1-3H3,(H,26,29)/t18-,19-/m0/s1. The summed E-state index contributed by atoms with van der Waals surface area (Å²) in [6.45, 7) is 1.21. The van der Waals surface area contributed by atoms with E-state index in [1.165, 1.54) is 35.5 Å². The fraction of sp³-hybridized carbons (Fsp3) is 0.565. The minimum absolute atomic E-state index is 0.253. The Morgan fingerprint density at radius 1 is 1.15 bits per heavy atom. The molecule has 2 atom stereocenters. The number of hydrogen-bond acceptors (Lipinski definition) is 9. The summed E-state index contributed by atoms with van der Waals surface area (Å²) in [5.74, 6) is -1.27. The van der Waals surface area contributed by atoms with Gasteiger partial charge in [-0.25, -0.2) is 9.59 Å². The molecule has 9 nitrogen and oxygen atoms in total. The zero-order valence-corrected chi connectivity index (χ0v) is 21.6. The number of esters is 2. The molecule has 0 saturated carbocycles. The zero-order chi connectivity index (χ0) is 25.1. The molecule has 11 heteroatoms. The molecule has 1 aromatic rings. The van der Waals surface area contributed by atoms with Crippen molar-refractivity contribution in [1.82, 2.24) is 15.5 Å². The van der Waals surface area contributed by atoms with Gasteiger partial charge in [-0.3, -0.25) is 9.59 Å². The number of likely N-dealkylation sites (N-methyl/N-ethyl adjacent to an activating group) is 1. The smallest absolute Gasteiger partial charge is 0.336 e. The van der Waals surface area contributed by atoms with Gasteiger partial charge < -0.3 is 26.0 Å². The zero-order valence-electron chi connectivity index (χ0n) is 19.9. The second-order valence-electron chi connectivity index (χ2n) is 7.92. The molecule has 1 aliphatic rings. The molecule has 1 aliphatic heterocycles. The van der Waals surface area contributed by atoms with Crippen LogP contribution in [0.5, 0.6) is 0 Å². The van der Waals surface area contributed by atoms with Crippen LogP contribution in [-0.2, 0) is 32.1 Å². The van der Waals surface area contributed by atoms with E-state index in [4.69, 9.17) is 10.5 Å². The minimum atomic E-state index is -0.988. The van der Waals surface area contributed by atoms with Crippen molar-refractivity contribution in [3.8, 4) is 0 Å². The summed E-state index contributed by atoms with van der Waals surface area (Å²) >= 11 is 3.03. The SMILES string of the molecule is CSCC[C@H](NC(=O)c1cccc2c1CCNC2)C(=O)OC(=O)[C@H](CCSC)N(C)C(=O)CN. The van der Waals surface area contributed by atoms with Gasteiger partial charge in [-0.2, -0.15) is 23.5 Å². The maximum Gasteiger partial charge on any atom is 0.336 e. The summed E-state index contributed by atoms with van der Waals surface area (Å²) in [6.07, 6.45) is 5.12. The lowest BCUT2D eigenvalue weighted by Crippen LogP contribution is -2.49. The van der Waals surface area contributed by atoms with Crippen LogP contribution in [0.2, 0.25) is 0 Å². The number of ether oxygens (including phenoxy) is 1. The minimum Gasteiger partial charge on any atom is -0.390 e. The van der Waals surface area contributed by atoms with Crippen molar-refractivity contribution in [2.45, 2.75) is 37.9 Å². The Morgan fingerprint density at radius 3 is 2.53 bits per heavy atom. The second kappa shape index (κ2) is 14.3. The van der Waals surface area contributed by atoms with Gasteiger partial charge >= 0.3 is 11.9 Å². The number of nitrogens with two attached hydrogens (primary N) is 1. The van der Waals surface area contributed by atoms with Crippen LogP contribution >= 0.6 is 23.5 Å². The molecule has 0 radical (unpaired) electrons. The highest BCUT2D eigenvalue weighted by Crippen LogP contribution is 2.19. The Labute approximate surface area is 209 Å². The van der Waals surface area contributed by atoms with Gasteiger partial charge in [-0.15, -0.1) is 0 Å². The van der Waals surface area contributed by atoms with Crippen LogP contribution in [0.1, 0.15) is 34.3 Å². The third kappa shape index (κ3) is 7.72. The van der Waals surface area contributed by atoms with Crippen LogP contribution in [0.25, 0.3) is 0 Å². The summed E-state index contributed by atoms with van der Waals surface area (Å²) < 4.78 is 5.18. The van der Waals surface area contributed by atoms with Crippen LogP contribution in [0.3, 0.4) is 0 Å². The van der Waals surface area contributed by atoms with E-state index in [0.29, 0.717) is 36.5 Å². The number of benzene rings is 1. The van der Waals surface area contributed by atoms with Crippen molar-refractivity contribution in [3.63, 3.8) is 0 Å². The molecule has 188 valence electrons. The predicted molar refractivity (Wildman–Crippen MR) is 136 cm³/mol. The quantitative estimate of drug-likeness (QED) is 0.276. The van der Waals surface area contributed by atoms with Gasteiger partial charge in [0.25, 0.3) is 5.91 Å². The Balaban J connectivity index is 2.15. The van der Waals surface area contributed by atoms with E-state index in [9.17, 15) is 19.2 Å². The molecule has 0 unspecified atom stereocenters. The van der Waals surface area contributed by atoms with E-state index < -0.39 is 29.9 Å². The highest BCUT2D eigenvalue weighted by atomic mass is 32.2. The summed E-state index contributed by atoms with van der Waals surface area (Å²) in [7, 11) is 1.46. The molecular formula is C23H34N4O5S2. The first-order chi connectivity index (χ1) is 16.3. The average Bonchev–Trinajstić information content (AvgIpc) is 2.85. The molecule has 0 fully saturated rings. The first kappa shape index (κ1) is 28.2. The second-order valence-corrected chi connectivity index (χ2v) is 9.89. The average molecular weight is 511 g/mol. The number of hydrogen-bond donors (Lipinski definition) is 3. The third-order valence-electron chi connectivity index (χ3n) is 5.69. The highest BCUT2D eigenvalue weighted by Gasteiger charge is 2.32. The maximum absolute atomic E-state index is 13.1. The van der Waals surface area contributed by atoms with Gasteiger partial charge in [0.15, 0.2) is 0 Å². The molecule has 0 spiro atoms. The van der Waals surface area contributed by atoms with Crippen LogP contribution < -0.4 is 16.4 Å². The highest BCUT2D eigenvalue weighted by molar-refractivity contribution is 7.98. The van der Waals surface area contributed by atoms with Crippen LogP contribution in [0.15, 0.2) is 18.2 Å². The third-order valence-corrected chi connectivity index (χ3v) is 6.98. The number of carbonyl (C=O) groups excluding carboxylic acids is 4.